The number of rotatable bonds is 2. The van der Waals surface area contributed by atoms with Crippen LogP contribution in [0.2, 0.25) is 0 Å². The van der Waals surface area contributed by atoms with Crippen LogP contribution in [-0.2, 0) is 0 Å². The van der Waals surface area contributed by atoms with E-state index >= 15 is 0 Å². The molecular formula is C14H13N3OS. The third kappa shape index (κ3) is 2.13. The van der Waals surface area contributed by atoms with Gasteiger partial charge in [-0.2, -0.15) is 0 Å². The second kappa shape index (κ2) is 4.51. The second-order valence-electron chi connectivity index (χ2n) is 4.39. The van der Waals surface area contributed by atoms with Gasteiger partial charge in [0.2, 0.25) is 5.88 Å². The van der Waals surface area contributed by atoms with Crippen LogP contribution in [-0.4, -0.2) is 10.1 Å². The van der Waals surface area contributed by atoms with E-state index in [-0.39, 0.29) is 0 Å². The van der Waals surface area contributed by atoms with Crippen molar-refractivity contribution in [3.05, 3.63) is 40.2 Å². The Morgan fingerprint density at radius 2 is 2.11 bits per heavy atom. The van der Waals surface area contributed by atoms with Crippen LogP contribution in [0.4, 0.5) is 5.88 Å². The van der Waals surface area contributed by atoms with Crippen molar-refractivity contribution >= 4 is 17.2 Å². The lowest BCUT2D eigenvalue weighted by molar-refractivity contribution is 0.439. The minimum Gasteiger partial charge on any atom is -0.367 e. The van der Waals surface area contributed by atoms with Crippen molar-refractivity contribution in [2.45, 2.75) is 13.8 Å². The Morgan fingerprint density at radius 3 is 2.79 bits per heavy atom. The summed E-state index contributed by atoms with van der Waals surface area (Å²) in [5.41, 5.74) is 10.4. The summed E-state index contributed by atoms with van der Waals surface area (Å²) in [4.78, 5) is 4.44. The average molecular weight is 271 g/mol. The number of nitrogens with zero attached hydrogens (tertiary/aromatic N) is 2. The van der Waals surface area contributed by atoms with Gasteiger partial charge in [-0.1, -0.05) is 35.0 Å². The van der Waals surface area contributed by atoms with Gasteiger partial charge in [0.1, 0.15) is 11.4 Å². The number of anilines is 1. The third-order valence-corrected chi connectivity index (χ3v) is 3.66. The maximum absolute atomic E-state index is 5.91. The molecule has 96 valence electrons. The lowest BCUT2D eigenvalue weighted by Crippen LogP contribution is -1.88. The fourth-order valence-electron chi connectivity index (χ4n) is 2.03. The molecule has 0 saturated carbocycles. The highest BCUT2D eigenvalue weighted by Gasteiger charge is 2.19. The van der Waals surface area contributed by atoms with E-state index in [0.717, 1.165) is 21.8 Å². The van der Waals surface area contributed by atoms with Gasteiger partial charge in [0.05, 0.1) is 10.6 Å². The zero-order chi connectivity index (χ0) is 13.4. The number of nitrogen functional groups attached to an aromatic ring is 1. The number of nitrogens with two attached hydrogens (primary N) is 1. The molecule has 4 nitrogen and oxygen atoms in total. The van der Waals surface area contributed by atoms with E-state index in [1.807, 2.05) is 37.4 Å². The van der Waals surface area contributed by atoms with Crippen LogP contribution < -0.4 is 5.73 Å². The van der Waals surface area contributed by atoms with E-state index in [1.54, 1.807) is 11.3 Å². The zero-order valence-electron chi connectivity index (χ0n) is 10.7. The van der Waals surface area contributed by atoms with E-state index in [1.165, 1.54) is 5.56 Å². The molecule has 5 heteroatoms. The fourth-order valence-corrected chi connectivity index (χ4v) is 2.63. The molecule has 2 aromatic heterocycles. The van der Waals surface area contributed by atoms with Gasteiger partial charge in [0, 0.05) is 5.38 Å². The highest BCUT2D eigenvalue weighted by molar-refractivity contribution is 7.09. The molecule has 0 aliphatic carbocycles. The Kier molecular flexibility index (Phi) is 2.83. The normalized spacial score (nSPS) is 10.8. The van der Waals surface area contributed by atoms with Gasteiger partial charge in [-0.15, -0.1) is 11.3 Å². The molecule has 3 rings (SSSR count). The quantitative estimate of drug-likeness (QED) is 0.772. The van der Waals surface area contributed by atoms with Crippen molar-refractivity contribution in [3.63, 3.8) is 0 Å². The maximum Gasteiger partial charge on any atom is 0.230 e. The van der Waals surface area contributed by atoms with E-state index in [9.17, 15) is 0 Å². The summed E-state index contributed by atoms with van der Waals surface area (Å²) in [7, 11) is 0. The number of benzene rings is 1. The van der Waals surface area contributed by atoms with Gasteiger partial charge in [-0.05, 0) is 19.4 Å². The van der Waals surface area contributed by atoms with Crippen molar-refractivity contribution in [1.29, 1.82) is 0 Å². The first-order chi connectivity index (χ1) is 9.15. The minimum absolute atomic E-state index is 0.325. The number of hydrogen-bond donors (Lipinski definition) is 1. The first-order valence-corrected chi connectivity index (χ1v) is 6.78. The SMILES string of the molecule is Cc1cccc(-c2c(-c3csc(C)n3)noc2N)c1. The summed E-state index contributed by atoms with van der Waals surface area (Å²) in [5.74, 6) is 0.325. The molecule has 0 fully saturated rings. The molecule has 0 bridgehead atoms. The van der Waals surface area contributed by atoms with Crippen LogP contribution in [0.25, 0.3) is 22.5 Å². The fraction of sp³-hybridized carbons (Fsp3) is 0.143. The molecule has 0 amide bonds. The number of aryl methyl sites for hydroxylation is 2. The van der Waals surface area contributed by atoms with E-state index in [2.05, 4.69) is 16.2 Å². The predicted molar refractivity (Wildman–Crippen MR) is 76.9 cm³/mol. The average Bonchev–Trinajstić information content (AvgIpc) is 2.95. The Morgan fingerprint density at radius 1 is 1.26 bits per heavy atom. The molecule has 0 aliphatic heterocycles. The largest absolute Gasteiger partial charge is 0.367 e. The van der Waals surface area contributed by atoms with Gasteiger partial charge in [-0.25, -0.2) is 4.98 Å². The highest BCUT2D eigenvalue weighted by Crippen LogP contribution is 2.36. The standard InChI is InChI=1S/C14H13N3OS/c1-8-4-3-5-10(6-8)12-13(17-18-14(12)15)11-7-19-9(2)16-11/h3-7H,15H2,1-2H3. The minimum atomic E-state index is 0.325. The molecule has 3 aromatic rings. The summed E-state index contributed by atoms with van der Waals surface area (Å²) in [6, 6.07) is 8.09. The van der Waals surface area contributed by atoms with Crippen molar-refractivity contribution in [2.75, 3.05) is 5.73 Å². The van der Waals surface area contributed by atoms with Crippen LogP contribution >= 0.6 is 11.3 Å². The van der Waals surface area contributed by atoms with Gasteiger partial charge < -0.3 is 10.3 Å². The van der Waals surface area contributed by atoms with Crippen molar-refractivity contribution in [2.24, 2.45) is 0 Å². The Bertz CT molecular complexity index is 730. The highest BCUT2D eigenvalue weighted by atomic mass is 32.1. The smallest absolute Gasteiger partial charge is 0.230 e. The Labute approximate surface area is 114 Å². The molecular weight excluding hydrogens is 258 g/mol. The number of thiazole rings is 1. The first kappa shape index (κ1) is 11.9. The molecule has 0 radical (unpaired) electrons. The Hall–Kier alpha value is -2.14. The third-order valence-electron chi connectivity index (χ3n) is 2.89. The lowest BCUT2D eigenvalue weighted by Gasteiger charge is -2.02. The summed E-state index contributed by atoms with van der Waals surface area (Å²) in [6.45, 7) is 4.00. The molecule has 0 saturated heterocycles. The molecule has 1 aromatic carbocycles. The lowest BCUT2D eigenvalue weighted by atomic mass is 10.0. The topological polar surface area (TPSA) is 64.9 Å². The molecule has 2 heterocycles. The van der Waals surface area contributed by atoms with Crippen LogP contribution in [0.1, 0.15) is 10.6 Å². The summed E-state index contributed by atoms with van der Waals surface area (Å²) in [5, 5.41) is 7.01. The van der Waals surface area contributed by atoms with Crippen LogP contribution in [0.15, 0.2) is 34.2 Å². The summed E-state index contributed by atoms with van der Waals surface area (Å²) >= 11 is 1.58. The van der Waals surface area contributed by atoms with Crippen LogP contribution in [0.5, 0.6) is 0 Å². The molecule has 0 unspecified atom stereocenters. The molecule has 0 aliphatic rings. The van der Waals surface area contributed by atoms with Crippen molar-refractivity contribution in [3.8, 4) is 22.5 Å². The Balaban J connectivity index is 2.19. The summed E-state index contributed by atoms with van der Waals surface area (Å²) < 4.78 is 5.15. The van der Waals surface area contributed by atoms with Gasteiger partial charge in [0.25, 0.3) is 0 Å². The molecule has 0 atom stereocenters. The maximum atomic E-state index is 5.91. The molecule has 2 N–H and O–H groups in total. The van der Waals surface area contributed by atoms with E-state index < -0.39 is 0 Å². The predicted octanol–water partition coefficient (Wildman–Crippen LogP) is 3.66. The van der Waals surface area contributed by atoms with Gasteiger partial charge in [-0.3, -0.25) is 0 Å². The van der Waals surface area contributed by atoms with Crippen LogP contribution in [0.3, 0.4) is 0 Å². The zero-order valence-corrected chi connectivity index (χ0v) is 11.5. The second-order valence-corrected chi connectivity index (χ2v) is 5.45. The monoisotopic (exact) mass is 271 g/mol. The molecule has 0 spiro atoms. The number of hydrogen-bond acceptors (Lipinski definition) is 5. The van der Waals surface area contributed by atoms with Gasteiger partial charge in [0.15, 0.2) is 0 Å². The first-order valence-electron chi connectivity index (χ1n) is 5.90. The van der Waals surface area contributed by atoms with E-state index in [4.69, 9.17) is 10.3 Å². The summed E-state index contributed by atoms with van der Waals surface area (Å²) in [6.07, 6.45) is 0. The van der Waals surface area contributed by atoms with Crippen molar-refractivity contribution in [1.82, 2.24) is 10.1 Å². The van der Waals surface area contributed by atoms with E-state index in [0.29, 0.717) is 11.6 Å². The van der Waals surface area contributed by atoms with Crippen LogP contribution in [0, 0.1) is 13.8 Å². The van der Waals surface area contributed by atoms with Gasteiger partial charge >= 0.3 is 0 Å². The molecule has 19 heavy (non-hydrogen) atoms. The number of aromatic nitrogens is 2. The van der Waals surface area contributed by atoms with Crippen molar-refractivity contribution < 1.29 is 4.52 Å².